The lowest BCUT2D eigenvalue weighted by Crippen LogP contribution is -2.11. The molecule has 0 atom stereocenters. The summed E-state index contributed by atoms with van der Waals surface area (Å²) in [5.74, 6) is -0.622. The molecular weight excluding hydrogens is 304 g/mol. The third-order valence-corrected chi connectivity index (χ3v) is 3.71. The molecule has 24 heavy (non-hydrogen) atoms. The number of carbonyl (C=O) groups is 2. The number of hydrogen-bond donors (Lipinski definition) is 0. The first-order valence-electron chi connectivity index (χ1n) is 9.66. The van der Waals surface area contributed by atoms with Crippen LogP contribution >= 0.6 is 0 Å². The van der Waals surface area contributed by atoms with Gasteiger partial charge in [0.05, 0.1) is 26.1 Å². The molecule has 0 amide bonds. The van der Waals surface area contributed by atoms with E-state index in [1.165, 1.54) is 19.3 Å². The molecule has 0 rings (SSSR count). The topological polar surface area (TPSA) is 52.6 Å². The number of allylic oxidation sites excluding steroid dienone is 2. The van der Waals surface area contributed by atoms with Crippen molar-refractivity contribution in [3.8, 4) is 0 Å². The Bertz CT molecular complexity index is 337. The van der Waals surface area contributed by atoms with Gasteiger partial charge in [-0.3, -0.25) is 9.59 Å². The van der Waals surface area contributed by atoms with Crippen LogP contribution in [-0.2, 0) is 19.1 Å². The molecule has 0 fully saturated rings. The van der Waals surface area contributed by atoms with E-state index in [2.05, 4.69) is 26.0 Å². The number of hydrogen-bond acceptors (Lipinski definition) is 4. The van der Waals surface area contributed by atoms with Gasteiger partial charge in [0.2, 0.25) is 0 Å². The molecule has 0 aromatic rings. The molecule has 4 heteroatoms. The van der Waals surface area contributed by atoms with Crippen molar-refractivity contribution < 1.29 is 19.1 Å². The molecule has 0 spiro atoms. The number of esters is 2. The van der Waals surface area contributed by atoms with E-state index in [9.17, 15) is 9.59 Å². The van der Waals surface area contributed by atoms with Crippen LogP contribution in [0.5, 0.6) is 0 Å². The van der Waals surface area contributed by atoms with Gasteiger partial charge < -0.3 is 9.47 Å². The fraction of sp³-hybridized carbons (Fsp3) is 0.800. The van der Waals surface area contributed by atoms with Crippen LogP contribution in [0.3, 0.4) is 0 Å². The van der Waals surface area contributed by atoms with Crippen LogP contribution in [-0.4, -0.2) is 25.2 Å². The van der Waals surface area contributed by atoms with E-state index in [0.29, 0.717) is 13.2 Å². The summed E-state index contributed by atoms with van der Waals surface area (Å²) in [5, 5.41) is 0. The predicted molar refractivity (Wildman–Crippen MR) is 97.8 cm³/mol. The number of ether oxygens (including phenoxy) is 2. The van der Waals surface area contributed by atoms with Crippen LogP contribution in [0.4, 0.5) is 0 Å². The van der Waals surface area contributed by atoms with Crippen molar-refractivity contribution in [2.45, 2.75) is 90.9 Å². The van der Waals surface area contributed by atoms with Crippen molar-refractivity contribution in [1.29, 1.82) is 0 Å². The van der Waals surface area contributed by atoms with Crippen LogP contribution < -0.4 is 0 Å². The fourth-order valence-corrected chi connectivity index (χ4v) is 2.20. The molecule has 140 valence electrons. The van der Waals surface area contributed by atoms with Gasteiger partial charge in [0, 0.05) is 0 Å². The monoisotopic (exact) mass is 340 g/mol. The average molecular weight is 341 g/mol. The van der Waals surface area contributed by atoms with Crippen LogP contribution in [0.1, 0.15) is 90.9 Å². The minimum absolute atomic E-state index is 0.112. The smallest absolute Gasteiger partial charge is 0.306 e. The van der Waals surface area contributed by atoms with Gasteiger partial charge in [-0.1, -0.05) is 58.1 Å². The second kappa shape index (κ2) is 18.0. The average Bonchev–Trinajstić information content (AvgIpc) is 2.58. The molecule has 0 heterocycles. The molecular formula is C20H36O4. The summed E-state index contributed by atoms with van der Waals surface area (Å²) < 4.78 is 10.2. The Morgan fingerprint density at radius 2 is 1.17 bits per heavy atom. The second-order valence-corrected chi connectivity index (χ2v) is 6.11. The Morgan fingerprint density at radius 3 is 1.75 bits per heavy atom. The Morgan fingerprint density at radius 1 is 0.667 bits per heavy atom. The van der Waals surface area contributed by atoms with Gasteiger partial charge in [0.1, 0.15) is 0 Å². The normalized spacial score (nSPS) is 10.9. The Kier molecular flexibility index (Phi) is 17.0. The zero-order chi connectivity index (χ0) is 17.9. The van der Waals surface area contributed by atoms with Gasteiger partial charge in [-0.2, -0.15) is 0 Å². The molecule has 0 unspecified atom stereocenters. The van der Waals surface area contributed by atoms with Gasteiger partial charge in [-0.25, -0.2) is 0 Å². The lowest BCUT2D eigenvalue weighted by molar-refractivity contribution is -0.150. The molecule has 0 radical (unpaired) electrons. The summed E-state index contributed by atoms with van der Waals surface area (Å²) in [7, 11) is 0. The van der Waals surface area contributed by atoms with Crippen LogP contribution in [0.25, 0.3) is 0 Å². The number of carbonyl (C=O) groups excluding carboxylic acids is 2. The van der Waals surface area contributed by atoms with Crippen molar-refractivity contribution in [2.24, 2.45) is 0 Å². The van der Waals surface area contributed by atoms with Gasteiger partial charge in [0.25, 0.3) is 0 Å². The Labute approximate surface area is 148 Å². The largest absolute Gasteiger partial charge is 0.466 e. The highest BCUT2D eigenvalue weighted by molar-refractivity contribution is 5.77. The minimum Gasteiger partial charge on any atom is -0.466 e. The highest BCUT2D eigenvalue weighted by Crippen LogP contribution is 2.03. The van der Waals surface area contributed by atoms with E-state index >= 15 is 0 Å². The fourth-order valence-electron chi connectivity index (χ4n) is 2.20. The molecule has 0 N–H and O–H groups in total. The molecule has 0 aliphatic carbocycles. The van der Waals surface area contributed by atoms with Crippen molar-refractivity contribution in [3.05, 3.63) is 12.2 Å². The minimum atomic E-state index is -0.315. The highest BCUT2D eigenvalue weighted by atomic mass is 16.5. The molecule has 4 nitrogen and oxygen atoms in total. The maximum Gasteiger partial charge on any atom is 0.306 e. The van der Waals surface area contributed by atoms with E-state index in [1.807, 2.05) is 0 Å². The third kappa shape index (κ3) is 17.0. The molecule has 0 saturated heterocycles. The van der Waals surface area contributed by atoms with Crippen molar-refractivity contribution in [3.63, 3.8) is 0 Å². The summed E-state index contributed by atoms with van der Waals surface area (Å²) in [6.45, 7) is 5.22. The standard InChI is InChI=1S/C20H36O4/c1-3-5-7-9-10-11-12-14-18-24-20(22)16-15-19(21)23-17-13-8-6-4-2/h10-11H,3-9,12-18H2,1-2H3/b11-10+. The highest BCUT2D eigenvalue weighted by Gasteiger charge is 2.08. The van der Waals surface area contributed by atoms with Gasteiger partial charge in [-0.05, 0) is 32.1 Å². The molecule has 0 aromatic heterocycles. The first-order valence-corrected chi connectivity index (χ1v) is 9.66. The van der Waals surface area contributed by atoms with Crippen LogP contribution in [0.15, 0.2) is 12.2 Å². The first-order chi connectivity index (χ1) is 11.7. The Hall–Kier alpha value is -1.32. The van der Waals surface area contributed by atoms with E-state index in [0.717, 1.165) is 44.9 Å². The van der Waals surface area contributed by atoms with Crippen molar-refractivity contribution >= 4 is 11.9 Å². The first kappa shape index (κ1) is 22.7. The summed E-state index contributed by atoms with van der Waals surface area (Å²) >= 11 is 0. The molecule has 0 bridgehead atoms. The lowest BCUT2D eigenvalue weighted by Gasteiger charge is -2.05. The maximum absolute atomic E-state index is 11.5. The maximum atomic E-state index is 11.5. The van der Waals surface area contributed by atoms with E-state index in [-0.39, 0.29) is 24.8 Å². The van der Waals surface area contributed by atoms with E-state index in [4.69, 9.17) is 9.47 Å². The predicted octanol–water partition coefficient (Wildman–Crippen LogP) is 5.35. The number of unbranched alkanes of at least 4 members (excludes halogenated alkanes) is 7. The number of rotatable bonds is 16. The molecule has 0 aliphatic rings. The molecule has 0 aromatic carbocycles. The van der Waals surface area contributed by atoms with Gasteiger partial charge >= 0.3 is 11.9 Å². The molecule has 0 saturated carbocycles. The molecule has 0 aliphatic heterocycles. The second-order valence-electron chi connectivity index (χ2n) is 6.11. The quantitative estimate of drug-likeness (QED) is 0.216. The van der Waals surface area contributed by atoms with Gasteiger partial charge in [-0.15, -0.1) is 0 Å². The van der Waals surface area contributed by atoms with Crippen molar-refractivity contribution in [2.75, 3.05) is 13.2 Å². The SMILES string of the molecule is CCCCC/C=C/CCCOC(=O)CCC(=O)OCCCCCC. The summed E-state index contributed by atoms with van der Waals surface area (Å²) in [6, 6.07) is 0. The van der Waals surface area contributed by atoms with Crippen LogP contribution in [0, 0.1) is 0 Å². The van der Waals surface area contributed by atoms with Crippen molar-refractivity contribution in [1.82, 2.24) is 0 Å². The Balaban J connectivity index is 3.41. The zero-order valence-electron chi connectivity index (χ0n) is 15.7. The third-order valence-electron chi connectivity index (χ3n) is 3.71. The van der Waals surface area contributed by atoms with Crippen LogP contribution in [0.2, 0.25) is 0 Å². The summed E-state index contributed by atoms with van der Waals surface area (Å²) in [5.41, 5.74) is 0. The lowest BCUT2D eigenvalue weighted by atomic mass is 10.2. The summed E-state index contributed by atoms with van der Waals surface area (Å²) in [6.07, 6.45) is 15.6. The van der Waals surface area contributed by atoms with E-state index < -0.39 is 0 Å². The van der Waals surface area contributed by atoms with E-state index in [1.54, 1.807) is 0 Å². The zero-order valence-corrected chi connectivity index (χ0v) is 15.7. The summed E-state index contributed by atoms with van der Waals surface area (Å²) in [4.78, 5) is 23.0. The van der Waals surface area contributed by atoms with Gasteiger partial charge in [0.15, 0.2) is 0 Å².